The minimum absolute atomic E-state index is 0.189. The lowest BCUT2D eigenvalue weighted by Gasteiger charge is -2.40. The van der Waals surface area contributed by atoms with Crippen LogP contribution in [0.15, 0.2) is 24.3 Å². The summed E-state index contributed by atoms with van der Waals surface area (Å²) in [6.07, 6.45) is 8.97. The number of ether oxygens (including phenoxy) is 2. The van der Waals surface area contributed by atoms with Gasteiger partial charge >= 0.3 is 0 Å². The van der Waals surface area contributed by atoms with Crippen LogP contribution in [0.3, 0.4) is 0 Å². The monoisotopic (exact) mass is 392 g/mol. The van der Waals surface area contributed by atoms with Crippen molar-refractivity contribution in [3.05, 3.63) is 57.6 Å². The van der Waals surface area contributed by atoms with Crippen LogP contribution in [0.25, 0.3) is 0 Å². The summed E-state index contributed by atoms with van der Waals surface area (Å²) < 4.78 is 11.4. The molecule has 4 heteroatoms. The van der Waals surface area contributed by atoms with Crippen molar-refractivity contribution in [1.82, 2.24) is 0 Å². The summed E-state index contributed by atoms with van der Waals surface area (Å²) in [6.45, 7) is 0. The summed E-state index contributed by atoms with van der Waals surface area (Å²) in [7, 11) is 3.30. The molecule has 0 radical (unpaired) electrons. The van der Waals surface area contributed by atoms with Gasteiger partial charge in [-0.1, -0.05) is 18.6 Å². The molecule has 0 heterocycles. The van der Waals surface area contributed by atoms with Crippen molar-refractivity contribution in [3.8, 4) is 11.5 Å². The van der Waals surface area contributed by atoms with Gasteiger partial charge in [-0.3, -0.25) is 9.59 Å². The average Bonchev–Trinajstić information content (AvgIpc) is 2.72. The molecule has 2 aromatic rings. The Labute approximate surface area is 172 Å². The zero-order chi connectivity index (χ0) is 20.4. The van der Waals surface area contributed by atoms with Gasteiger partial charge in [0.15, 0.2) is 12.6 Å². The molecular formula is C25H28O4. The van der Waals surface area contributed by atoms with E-state index < -0.39 is 0 Å². The van der Waals surface area contributed by atoms with Crippen LogP contribution >= 0.6 is 0 Å². The van der Waals surface area contributed by atoms with Gasteiger partial charge in [0.05, 0.1) is 19.8 Å². The standard InChI is InChI=1S/C25H28O4/c1-28-23-11-8-17-7-5-3-4-6-16-12-18(14-26)25(29-2)21(13-16)19-9-10-20(19)24(23)22(17)15-27/h8,11-15,19-20H,3-7,9-10H2,1-2H3. The molecular weight excluding hydrogens is 364 g/mol. The predicted molar refractivity (Wildman–Crippen MR) is 113 cm³/mol. The van der Waals surface area contributed by atoms with E-state index in [1.54, 1.807) is 14.2 Å². The van der Waals surface area contributed by atoms with Crippen LogP contribution in [0.2, 0.25) is 0 Å². The topological polar surface area (TPSA) is 52.6 Å². The van der Waals surface area contributed by atoms with Crippen LogP contribution in [0, 0.1) is 0 Å². The molecule has 1 fully saturated rings. The Morgan fingerprint density at radius 3 is 2.34 bits per heavy atom. The maximum absolute atomic E-state index is 12.1. The molecule has 152 valence electrons. The number of hydrogen-bond donors (Lipinski definition) is 0. The first-order chi connectivity index (χ1) is 14.2. The quantitative estimate of drug-likeness (QED) is 0.666. The van der Waals surface area contributed by atoms with E-state index >= 15 is 0 Å². The first-order valence-corrected chi connectivity index (χ1v) is 10.5. The van der Waals surface area contributed by atoms with Gasteiger partial charge in [0.1, 0.15) is 11.5 Å². The normalized spacial score (nSPS) is 20.8. The molecule has 0 spiro atoms. The number of carbonyl (C=O) groups is 2. The van der Waals surface area contributed by atoms with Crippen molar-refractivity contribution >= 4 is 12.6 Å². The van der Waals surface area contributed by atoms with Crippen LogP contribution in [0.1, 0.15) is 86.9 Å². The second kappa shape index (κ2) is 8.40. The molecule has 4 rings (SSSR count). The van der Waals surface area contributed by atoms with Gasteiger partial charge in [0.25, 0.3) is 0 Å². The number of aldehydes is 2. The van der Waals surface area contributed by atoms with Crippen LogP contribution < -0.4 is 9.47 Å². The average molecular weight is 392 g/mol. The summed E-state index contributed by atoms with van der Waals surface area (Å²) in [5.41, 5.74) is 5.85. The number of rotatable bonds is 4. The van der Waals surface area contributed by atoms with Crippen molar-refractivity contribution in [2.75, 3.05) is 14.2 Å². The van der Waals surface area contributed by atoms with E-state index in [-0.39, 0.29) is 11.8 Å². The number of hydrogen-bond acceptors (Lipinski definition) is 4. The lowest BCUT2D eigenvalue weighted by molar-refractivity contribution is 0.111. The largest absolute Gasteiger partial charge is 0.496 e. The van der Waals surface area contributed by atoms with Crippen molar-refractivity contribution in [3.63, 3.8) is 0 Å². The second-order valence-electron chi connectivity index (χ2n) is 8.15. The molecule has 2 atom stereocenters. The highest BCUT2D eigenvalue weighted by atomic mass is 16.5. The van der Waals surface area contributed by atoms with Crippen LogP contribution in [-0.4, -0.2) is 26.8 Å². The van der Waals surface area contributed by atoms with Crippen LogP contribution in [0.4, 0.5) is 0 Å². The second-order valence-corrected chi connectivity index (χ2v) is 8.15. The molecule has 4 bridgehead atoms. The highest BCUT2D eigenvalue weighted by molar-refractivity contribution is 5.83. The van der Waals surface area contributed by atoms with Gasteiger partial charge in [-0.05, 0) is 79.2 Å². The van der Waals surface area contributed by atoms with Gasteiger partial charge in [0, 0.05) is 11.1 Å². The summed E-state index contributed by atoms with van der Waals surface area (Å²) in [6, 6.07) is 8.25. The zero-order valence-corrected chi connectivity index (χ0v) is 17.2. The van der Waals surface area contributed by atoms with Gasteiger partial charge in [0.2, 0.25) is 0 Å². The molecule has 4 nitrogen and oxygen atoms in total. The number of carbonyl (C=O) groups excluding carboxylic acids is 2. The van der Waals surface area contributed by atoms with Crippen molar-refractivity contribution in [2.45, 2.75) is 56.8 Å². The summed E-state index contributed by atoms with van der Waals surface area (Å²) in [4.78, 5) is 23.9. The van der Waals surface area contributed by atoms with Crippen molar-refractivity contribution in [2.24, 2.45) is 0 Å². The first-order valence-electron chi connectivity index (χ1n) is 10.5. The molecule has 0 saturated heterocycles. The minimum Gasteiger partial charge on any atom is -0.496 e. The molecule has 1 saturated carbocycles. The van der Waals surface area contributed by atoms with Gasteiger partial charge in [-0.25, -0.2) is 0 Å². The van der Waals surface area contributed by atoms with E-state index in [4.69, 9.17) is 9.47 Å². The van der Waals surface area contributed by atoms with E-state index in [9.17, 15) is 9.59 Å². The number of aryl methyl sites for hydroxylation is 2. The van der Waals surface area contributed by atoms with Crippen LogP contribution in [0.5, 0.6) is 11.5 Å². The third-order valence-electron chi connectivity index (χ3n) is 6.67. The first kappa shape index (κ1) is 19.7. The maximum atomic E-state index is 12.1. The number of methoxy groups -OCH3 is 2. The molecule has 0 aliphatic heterocycles. The highest BCUT2D eigenvalue weighted by Gasteiger charge is 2.39. The smallest absolute Gasteiger partial charge is 0.153 e. The molecule has 2 unspecified atom stereocenters. The predicted octanol–water partition coefficient (Wildman–Crippen LogP) is 5.26. The zero-order valence-electron chi connectivity index (χ0n) is 17.2. The van der Waals surface area contributed by atoms with Crippen molar-refractivity contribution in [1.29, 1.82) is 0 Å². The third-order valence-corrected chi connectivity index (χ3v) is 6.67. The highest BCUT2D eigenvalue weighted by Crippen LogP contribution is 2.55. The maximum Gasteiger partial charge on any atom is 0.153 e. The Hall–Kier alpha value is -2.62. The van der Waals surface area contributed by atoms with Gasteiger partial charge in [-0.15, -0.1) is 0 Å². The fourth-order valence-corrected chi connectivity index (χ4v) is 5.10. The minimum atomic E-state index is 0.189. The fourth-order valence-electron chi connectivity index (χ4n) is 5.10. The number of benzene rings is 2. The SMILES string of the molecule is COc1ccc2c(C=O)c1C1CCC1c1cc(cc(C=O)c1OC)CCCCC2. The Morgan fingerprint density at radius 2 is 1.69 bits per heavy atom. The molecule has 29 heavy (non-hydrogen) atoms. The third kappa shape index (κ3) is 3.45. The molecule has 0 aromatic heterocycles. The van der Waals surface area contributed by atoms with E-state index in [1.807, 2.05) is 18.2 Å². The number of fused-ring (bicyclic) bond motifs is 7. The lowest BCUT2D eigenvalue weighted by Crippen LogP contribution is -2.25. The van der Waals surface area contributed by atoms with E-state index in [0.717, 1.165) is 85.5 Å². The lowest BCUT2D eigenvalue weighted by atomic mass is 9.65. The summed E-state index contributed by atoms with van der Waals surface area (Å²) in [5.74, 6) is 1.86. The van der Waals surface area contributed by atoms with Crippen LogP contribution in [-0.2, 0) is 12.8 Å². The Morgan fingerprint density at radius 1 is 0.897 bits per heavy atom. The molecule has 2 aliphatic rings. The molecule has 2 aliphatic carbocycles. The summed E-state index contributed by atoms with van der Waals surface area (Å²) >= 11 is 0. The van der Waals surface area contributed by atoms with E-state index in [1.165, 1.54) is 5.56 Å². The Kier molecular flexibility index (Phi) is 5.70. The van der Waals surface area contributed by atoms with Gasteiger partial charge in [-0.2, -0.15) is 0 Å². The molecule has 0 amide bonds. The van der Waals surface area contributed by atoms with Crippen molar-refractivity contribution < 1.29 is 19.1 Å². The van der Waals surface area contributed by atoms with E-state index in [2.05, 4.69) is 6.07 Å². The molecule has 0 N–H and O–H groups in total. The fraction of sp³-hybridized carbons (Fsp3) is 0.440. The molecule has 2 aromatic carbocycles. The Bertz CT molecular complexity index is 931. The Balaban J connectivity index is 1.91. The van der Waals surface area contributed by atoms with Gasteiger partial charge < -0.3 is 9.47 Å². The summed E-state index contributed by atoms with van der Waals surface area (Å²) in [5, 5.41) is 0. The van der Waals surface area contributed by atoms with E-state index in [0.29, 0.717) is 11.3 Å².